The first-order valence-electron chi connectivity index (χ1n) is 10.5. The quantitative estimate of drug-likeness (QED) is 0.499. The molecule has 1 amide bonds. The van der Waals surface area contributed by atoms with E-state index >= 15 is 0 Å². The Bertz CT molecular complexity index is 1300. The summed E-state index contributed by atoms with van der Waals surface area (Å²) < 4.78 is 3.38. The molecule has 31 heavy (non-hydrogen) atoms. The summed E-state index contributed by atoms with van der Waals surface area (Å²) in [6.07, 6.45) is 3.01. The van der Waals surface area contributed by atoms with Crippen molar-refractivity contribution < 1.29 is 4.79 Å². The normalized spacial score (nSPS) is 11.5. The Morgan fingerprint density at radius 3 is 2.68 bits per heavy atom. The number of likely N-dealkylation sites (N-methyl/N-ethyl adjacent to an activating group) is 1. The highest BCUT2D eigenvalue weighted by atomic mass is 16.2. The number of nitrogens with one attached hydrogen (secondary N) is 1. The van der Waals surface area contributed by atoms with Gasteiger partial charge >= 0.3 is 0 Å². The number of anilines is 1. The molecule has 0 spiro atoms. The summed E-state index contributed by atoms with van der Waals surface area (Å²) in [4.78, 5) is 37.1. The highest BCUT2D eigenvalue weighted by Crippen LogP contribution is 2.20. The molecule has 1 N–H and O–H groups in total. The van der Waals surface area contributed by atoms with E-state index in [2.05, 4.69) is 34.0 Å². The lowest BCUT2D eigenvalue weighted by atomic mass is 10.2. The van der Waals surface area contributed by atoms with Gasteiger partial charge in [-0.25, -0.2) is 9.97 Å². The standard InChI is InChI=1S/C23H26N6O2/c1-4-27(5-2)12-13-28-19-9-7-6-8-18(19)25-23(28)26-21(30)17-14-24-20-11-10-16(3)15-29(20)22(17)31/h6-11,14-15H,4-5,12-13H2,1-3H3,(H,25,26,30). The van der Waals surface area contributed by atoms with Gasteiger partial charge in [0, 0.05) is 25.5 Å². The lowest BCUT2D eigenvalue weighted by Crippen LogP contribution is -2.29. The average Bonchev–Trinajstić information content (AvgIpc) is 3.12. The third-order valence-corrected chi connectivity index (χ3v) is 5.51. The predicted molar refractivity (Wildman–Crippen MR) is 122 cm³/mol. The number of amides is 1. The van der Waals surface area contributed by atoms with Crippen LogP contribution in [0.5, 0.6) is 0 Å². The molecule has 0 unspecified atom stereocenters. The fourth-order valence-electron chi connectivity index (χ4n) is 3.69. The topological polar surface area (TPSA) is 84.5 Å². The van der Waals surface area contributed by atoms with Crippen LogP contribution in [0.3, 0.4) is 0 Å². The molecule has 0 aliphatic heterocycles. The number of hydrogen-bond acceptors (Lipinski definition) is 5. The highest BCUT2D eigenvalue weighted by molar-refractivity contribution is 6.03. The number of imidazole rings is 1. The number of rotatable bonds is 7. The van der Waals surface area contributed by atoms with E-state index in [0.29, 0.717) is 18.1 Å². The molecule has 160 valence electrons. The van der Waals surface area contributed by atoms with Crippen LogP contribution in [0.2, 0.25) is 0 Å². The maximum Gasteiger partial charge on any atom is 0.270 e. The Labute approximate surface area is 180 Å². The largest absolute Gasteiger partial charge is 0.309 e. The number of pyridine rings is 1. The molecule has 8 heteroatoms. The Balaban J connectivity index is 1.69. The molecule has 0 atom stereocenters. The maximum atomic E-state index is 13.0. The number of benzene rings is 1. The SMILES string of the molecule is CCN(CC)CCn1c(NC(=O)c2cnc3ccc(C)cn3c2=O)nc2ccccc21. The molecule has 0 radical (unpaired) electrons. The number of para-hydroxylation sites is 2. The van der Waals surface area contributed by atoms with E-state index in [9.17, 15) is 9.59 Å². The summed E-state index contributed by atoms with van der Waals surface area (Å²) in [7, 11) is 0. The number of fused-ring (bicyclic) bond motifs is 2. The number of aryl methyl sites for hydroxylation is 1. The van der Waals surface area contributed by atoms with Gasteiger partial charge in [0.05, 0.1) is 11.0 Å². The molecule has 0 aliphatic rings. The van der Waals surface area contributed by atoms with Crippen molar-refractivity contribution in [1.29, 1.82) is 0 Å². The van der Waals surface area contributed by atoms with Gasteiger partial charge < -0.3 is 9.47 Å². The molecule has 0 saturated carbocycles. The van der Waals surface area contributed by atoms with Gasteiger partial charge in [0.1, 0.15) is 11.2 Å². The highest BCUT2D eigenvalue weighted by Gasteiger charge is 2.18. The minimum atomic E-state index is -0.521. The van der Waals surface area contributed by atoms with Crippen LogP contribution in [-0.4, -0.2) is 49.4 Å². The molecule has 8 nitrogen and oxygen atoms in total. The van der Waals surface area contributed by atoms with Crippen molar-refractivity contribution in [3.63, 3.8) is 0 Å². The lowest BCUT2D eigenvalue weighted by molar-refractivity contribution is 0.102. The zero-order chi connectivity index (χ0) is 22.0. The molecule has 4 aromatic rings. The van der Waals surface area contributed by atoms with Crippen molar-refractivity contribution in [2.24, 2.45) is 0 Å². The minimum absolute atomic E-state index is 0.0227. The van der Waals surface area contributed by atoms with Crippen molar-refractivity contribution in [1.82, 2.24) is 23.8 Å². The fourth-order valence-corrected chi connectivity index (χ4v) is 3.69. The van der Waals surface area contributed by atoms with Crippen LogP contribution in [0, 0.1) is 6.92 Å². The van der Waals surface area contributed by atoms with Crippen molar-refractivity contribution >= 4 is 28.5 Å². The van der Waals surface area contributed by atoms with E-state index in [4.69, 9.17) is 0 Å². The number of aromatic nitrogens is 4. The van der Waals surface area contributed by atoms with Crippen molar-refractivity contribution in [3.05, 3.63) is 70.3 Å². The number of carbonyl (C=O) groups is 1. The zero-order valence-corrected chi connectivity index (χ0v) is 18.0. The third-order valence-electron chi connectivity index (χ3n) is 5.51. The van der Waals surface area contributed by atoms with Gasteiger partial charge in [0.15, 0.2) is 0 Å². The second-order valence-corrected chi connectivity index (χ2v) is 7.47. The first-order chi connectivity index (χ1) is 15.0. The second kappa shape index (κ2) is 8.69. The number of carbonyl (C=O) groups excluding carboxylic acids is 1. The molecule has 0 saturated heterocycles. The Hall–Kier alpha value is -3.52. The van der Waals surface area contributed by atoms with Crippen LogP contribution in [0.15, 0.2) is 53.6 Å². The number of hydrogen-bond donors (Lipinski definition) is 1. The molecular weight excluding hydrogens is 392 g/mol. The molecule has 0 aliphatic carbocycles. The maximum absolute atomic E-state index is 13.0. The first kappa shape index (κ1) is 20.7. The molecule has 0 fully saturated rings. The van der Waals surface area contributed by atoms with E-state index in [1.807, 2.05) is 41.8 Å². The van der Waals surface area contributed by atoms with Crippen LogP contribution in [0.4, 0.5) is 5.95 Å². The second-order valence-electron chi connectivity index (χ2n) is 7.47. The molecule has 3 aromatic heterocycles. The first-order valence-corrected chi connectivity index (χ1v) is 10.5. The average molecular weight is 419 g/mol. The third kappa shape index (κ3) is 4.06. The van der Waals surface area contributed by atoms with Gasteiger partial charge in [0.2, 0.25) is 5.95 Å². The molecular formula is C23H26N6O2. The molecule has 1 aromatic carbocycles. The summed E-state index contributed by atoms with van der Waals surface area (Å²) >= 11 is 0. The van der Waals surface area contributed by atoms with Crippen LogP contribution < -0.4 is 10.9 Å². The van der Waals surface area contributed by atoms with Crippen molar-refractivity contribution in [3.8, 4) is 0 Å². The van der Waals surface area contributed by atoms with Crippen LogP contribution >= 0.6 is 0 Å². The van der Waals surface area contributed by atoms with Crippen LogP contribution in [-0.2, 0) is 6.54 Å². The Morgan fingerprint density at radius 2 is 1.90 bits per heavy atom. The summed E-state index contributed by atoms with van der Waals surface area (Å²) in [5.74, 6) is -0.0973. The summed E-state index contributed by atoms with van der Waals surface area (Å²) in [5.41, 5.74) is 2.71. The fraction of sp³-hybridized carbons (Fsp3) is 0.304. The van der Waals surface area contributed by atoms with Gasteiger partial charge in [-0.05, 0) is 43.8 Å². The van der Waals surface area contributed by atoms with Gasteiger partial charge in [0.25, 0.3) is 11.5 Å². The zero-order valence-electron chi connectivity index (χ0n) is 18.0. The summed E-state index contributed by atoms with van der Waals surface area (Å²) in [5, 5.41) is 2.84. The van der Waals surface area contributed by atoms with Crippen molar-refractivity contribution in [2.75, 3.05) is 25.0 Å². The van der Waals surface area contributed by atoms with E-state index < -0.39 is 11.5 Å². The monoisotopic (exact) mass is 418 g/mol. The minimum Gasteiger partial charge on any atom is -0.309 e. The van der Waals surface area contributed by atoms with Crippen LogP contribution in [0.1, 0.15) is 29.8 Å². The number of nitrogens with zero attached hydrogens (tertiary/aromatic N) is 5. The van der Waals surface area contributed by atoms with Gasteiger partial charge in [-0.3, -0.25) is 19.3 Å². The van der Waals surface area contributed by atoms with E-state index in [1.165, 1.54) is 10.6 Å². The van der Waals surface area contributed by atoms with E-state index in [0.717, 1.165) is 36.2 Å². The lowest BCUT2D eigenvalue weighted by Gasteiger charge is -2.19. The van der Waals surface area contributed by atoms with Gasteiger partial charge in [-0.1, -0.05) is 32.0 Å². The molecule has 4 rings (SSSR count). The summed E-state index contributed by atoms with van der Waals surface area (Å²) in [6.45, 7) is 9.53. The Morgan fingerprint density at radius 1 is 1.13 bits per heavy atom. The van der Waals surface area contributed by atoms with E-state index in [1.54, 1.807) is 12.3 Å². The predicted octanol–water partition coefficient (Wildman–Crippen LogP) is 2.95. The van der Waals surface area contributed by atoms with Crippen molar-refractivity contribution in [2.45, 2.75) is 27.3 Å². The molecule has 0 bridgehead atoms. The van der Waals surface area contributed by atoms with E-state index in [-0.39, 0.29) is 5.56 Å². The van der Waals surface area contributed by atoms with Gasteiger partial charge in [-0.2, -0.15) is 0 Å². The van der Waals surface area contributed by atoms with Crippen LogP contribution in [0.25, 0.3) is 16.7 Å². The smallest absolute Gasteiger partial charge is 0.270 e. The van der Waals surface area contributed by atoms with Gasteiger partial charge in [-0.15, -0.1) is 0 Å². The summed E-state index contributed by atoms with van der Waals surface area (Å²) in [6, 6.07) is 11.4. The molecule has 3 heterocycles. The Kier molecular flexibility index (Phi) is 5.81.